The number of urea groups is 1. The monoisotopic (exact) mass is 326 g/mol. The van der Waals surface area contributed by atoms with Crippen molar-refractivity contribution in [3.8, 4) is 5.75 Å². The van der Waals surface area contributed by atoms with E-state index in [2.05, 4.69) is 42.7 Å². The summed E-state index contributed by atoms with van der Waals surface area (Å²) < 4.78 is 5.63. The number of amides is 2. The van der Waals surface area contributed by atoms with E-state index in [-0.39, 0.29) is 6.03 Å². The van der Waals surface area contributed by atoms with Gasteiger partial charge >= 0.3 is 6.03 Å². The summed E-state index contributed by atoms with van der Waals surface area (Å²) in [5, 5.41) is 5.63. The maximum atomic E-state index is 11.8. The van der Waals surface area contributed by atoms with Crippen molar-refractivity contribution in [2.24, 2.45) is 0 Å². The summed E-state index contributed by atoms with van der Waals surface area (Å²) in [6.45, 7) is 7.79. The molecule has 0 atom stereocenters. The Balaban J connectivity index is 1.64. The molecular weight excluding hydrogens is 300 g/mol. The van der Waals surface area contributed by atoms with Crippen LogP contribution in [0.25, 0.3) is 0 Å². The molecule has 4 nitrogen and oxygen atoms in total. The summed E-state index contributed by atoms with van der Waals surface area (Å²) in [6, 6.07) is 16.0. The highest BCUT2D eigenvalue weighted by Gasteiger charge is 2.02. The van der Waals surface area contributed by atoms with E-state index >= 15 is 0 Å². The van der Waals surface area contributed by atoms with E-state index in [0.717, 1.165) is 11.3 Å². The average Bonchev–Trinajstić information content (AvgIpc) is 2.57. The number of aryl methyl sites for hydroxylation is 1. The molecule has 0 fully saturated rings. The fourth-order valence-electron chi connectivity index (χ4n) is 2.35. The van der Waals surface area contributed by atoms with E-state index < -0.39 is 0 Å². The number of benzene rings is 2. The largest absolute Gasteiger partial charge is 0.492 e. The van der Waals surface area contributed by atoms with Crippen LogP contribution in [-0.2, 0) is 6.54 Å². The number of carbonyl (C=O) groups is 1. The minimum atomic E-state index is -0.185. The second-order valence-corrected chi connectivity index (χ2v) is 6.17. The van der Waals surface area contributed by atoms with Gasteiger partial charge < -0.3 is 15.4 Å². The molecule has 0 bridgehead atoms. The number of carbonyl (C=O) groups excluding carboxylic acids is 1. The van der Waals surface area contributed by atoms with E-state index in [1.54, 1.807) is 0 Å². The number of hydrogen-bond acceptors (Lipinski definition) is 2. The number of nitrogens with one attached hydrogen (secondary N) is 2. The van der Waals surface area contributed by atoms with Gasteiger partial charge in [0.05, 0.1) is 6.54 Å². The summed E-state index contributed by atoms with van der Waals surface area (Å²) in [7, 11) is 0. The molecule has 0 aliphatic carbocycles. The lowest BCUT2D eigenvalue weighted by Gasteiger charge is -2.10. The van der Waals surface area contributed by atoms with Gasteiger partial charge in [0, 0.05) is 6.54 Å². The highest BCUT2D eigenvalue weighted by Crippen LogP contribution is 2.18. The first-order valence-electron chi connectivity index (χ1n) is 8.34. The second-order valence-electron chi connectivity index (χ2n) is 6.17. The first-order chi connectivity index (χ1) is 11.5. The molecule has 0 heterocycles. The van der Waals surface area contributed by atoms with E-state index in [9.17, 15) is 4.79 Å². The van der Waals surface area contributed by atoms with Crippen molar-refractivity contribution in [1.29, 1.82) is 0 Å². The minimum Gasteiger partial charge on any atom is -0.492 e. The number of hydrogen-bond donors (Lipinski definition) is 2. The quantitative estimate of drug-likeness (QED) is 0.756. The third-order valence-electron chi connectivity index (χ3n) is 3.74. The molecule has 2 aromatic rings. The van der Waals surface area contributed by atoms with Gasteiger partial charge in [-0.05, 0) is 36.1 Å². The number of ether oxygens (including phenoxy) is 1. The first-order valence-corrected chi connectivity index (χ1v) is 8.34. The third-order valence-corrected chi connectivity index (χ3v) is 3.74. The van der Waals surface area contributed by atoms with Crippen LogP contribution < -0.4 is 15.4 Å². The minimum absolute atomic E-state index is 0.185. The van der Waals surface area contributed by atoms with Crippen LogP contribution in [-0.4, -0.2) is 19.2 Å². The molecule has 2 N–H and O–H groups in total. The highest BCUT2D eigenvalue weighted by molar-refractivity contribution is 5.73. The fourth-order valence-corrected chi connectivity index (χ4v) is 2.35. The Morgan fingerprint density at radius 2 is 1.83 bits per heavy atom. The highest BCUT2D eigenvalue weighted by atomic mass is 16.5. The zero-order chi connectivity index (χ0) is 17.4. The van der Waals surface area contributed by atoms with Crippen LogP contribution in [0.1, 0.15) is 36.5 Å². The lowest BCUT2D eigenvalue weighted by molar-refractivity contribution is 0.236. The Kier molecular flexibility index (Phi) is 6.67. The summed E-state index contributed by atoms with van der Waals surface area (Å²) in [4.78, 5) is 11.8. The van der Waals surface area contributed by atoms with Crippen molar-refractivity contribution in [2.75, 3.05) is 13.2 Å². The molecule has 0 saturated carbocycles. The van der Waals surface area contributed by atoms with Gasteiger partial charge in [0.1, 0.15) is 12.4 Å². The Hall–Kier alpha value is -2.49. The Morgan fingerprint density at radius 3 is 2.50 bits per heavy atom. The fraction of sp³-hybridized carbons (Fsp3) is 0.350. The Morgan fingerprint density at radius 1 is 1.08 bits per heavy atom. The summed E-state index contributed by atoms with van der Waals surface area (Å²) in [5.41, 5.74) is 3.56. The zero-order valence-corrected chi connectivity index (χ0v) is 14.6. The summed E-state index contributed by atoms with van der Waals surface area (Å²) in [5.74, 6) is 1.33. The lowest BCUT2D eigenvalue weighted by Crippen LogP contribution is -2.37. The maximum absolute atomic E-state index is 11.8. The molecule has 0 unspecified atom stereocenters. The predicted octanol–water partition coefficient (Wildman–Crippen LogP) is 4.00. The van der Waals surface area contributed by atoms with Gasteiger partial charge in [0.25, 0.3) is 0 Å². The molecule has 0 radical (unpaired) electrons. The van der Waals surface area contributed by atoms with Crippen molar-refractivity contribution in [3.05, 3.63) is 65.2 Å². The smallest absolute Gasteiger partial charge is 0.315 e. The van der Waals surface area contributed by atoms with Gasteiger partial charge in [-0.1, -0.05) is 55.8 Å². The first kappa shape index (κ1) is 17.9. The van der Waals surface area contributed by atoms with Crippen molar-refractivity contribution in [3.63, 3.8) is 0 Å². The van der Waals surface area contributed by atoms with E-state index in [4.69, 9.17) is 4.74 Å². The molecular formula is C20H26N2O2. The van der Waals surface area contributed by atoms with Crippen molar-refractivity contribution >= 4 is 6.03 Å². The maximum Gasteiger partial charge on any atom is 0.315 e. The van der Waals surface area contributed by atoms with Gasteiger partial charge in [-0.25, -0.2) is 4.79 Å². The molecule has 4 heteroatoms. The molecule has 0 spiro atoms. The predicted molar refractivity (Wildman–Crippen MR) is 97.4 cm³/mol. The van der Waals surface area contributed by atoms with Gasteiger partial charge in [-0.15, -0.1) is 0 Å². The summed E-state index contributed by atoms with van der Waals surface area (Å²) >= 11 is 0. The molecule has 2 amide bonds. The third kappa shape index (κ3) is 5.95. The Bertz CT molecular complexity index is 651. The lowest BCUT2D eigenvalue weighted by atomic mass is 10.0. The molecule has 2 rings (SSSR count). The average molecular weight is 326 g/mol. The van der Waals surface area contributed by atoms with Crippen molar-refractivity contribution in [2.45, 2.75) is 33.2 Å². The van der Waals surface area contributed by atoms with Gasteiger partial charge in [0.2, 0.25) is 0 Å². The Labute approximate surface area is 144 Å². The van der Waals surface area contributed by atoms with Gasteiger partial charge in [-0.3, -0.25) is 0 Å². The topological polar surface area (TPSA) is 50.4 Å². The molecule has 2 aromatic carbocycles. The van der Waals surface area contributed by atoms with Gasteiger partial charge in [-0.2, -0.15) is 0 Å². The molecule has 0 aliphatic rings. The van der Waals surface area contributed by atoms with Crippen LogP contribution in [0.15, 0.2) is 48.5 Å². The zero-order valence-electron chi connectivity index (χ0n) is 14.6. The normalized spacial score (nSPS) is 10.5. The van der Waals surface area contributed by atoms with E-state index in [1.807, 2.05) is 37.3 Å². The van der Waals surface area contributed by atoms with Crippen LogP contribution >= 0.6 is 0 Å². The van der Waals surface area contributed by atoms with Gasteiger partial charge in [0.15, 0.2) is 0 Å². The van der Waals surface area contributed by atoms with Crippen LogP contribution in [0.3, 0.4) is 0 Å². The number of rotatable bonds is 7. The molecule has 128 valence electrons. The van der Waals surface area contributed by atoms with E-state index in [0.29, 0.717) is 25.6 Å². The van der Waals surface area contributed by atoms with Crippen molar-refractivity contribution in [1.82, 2.24) is 10.6 Å². The van der Waals surface area contributed by atoms with Crippen LogP contribution in [0.4, 0.5) is 4.79 Å². The molecule has 0 aliphatic heterocycles. The second kappa shape index (κ2) is 8.96. The van der Waals surface area contributed by atoms with Crippen molar-refractivity contribution < 1.29 is 9.53 Å². The molecule has 0 saturated heterocycles. The van der Waals surface area contributed by atoms with Crippen LogP contribution in [0.5, 0.6) is 5.75 Å². The SMILES string of the molecule is Cc1cccc(CNC(=O)NCCOc2ccc(C(C)C)cc2)c1. The molecule has 0 aromatic heterocycles. The molecule has 24 heavy (non-hydrogen) atoms. The van der Waals surface area contributed by atoms with E-state index in [1.165, 1.54) is 11.1 Å². The standard InChI is InChI=1S/C20H26N2O2/c1-15(2)18-7-9-19(10-8-18)24-12-11-21-20(23)22-14-17-6-4-5-16(3)13-17/h4-10,13,15H,11-12,14H2,1-3H3,(H2,21,22,23). The van der Waals surface area contributed by atoms with Crippen LogP contribution in [0.2, 0.25) is 0 Å². The van der Waals surface area contributed by atoms with Crippen LogP contribution in [0, 0.1) is 6.92 Å². The summed E-state index contributed by atoms with van der Waals surface area (Å²) in [6.07, 6.45) is 0.